The minimum Gasteiger partial charge on any atom is -0.467 e. The third-order valence-corrected chi connectivity index (χ3v) is 4.31. The van der Waals surface area contributed by atoms with Crippen LogP contribution in [0.25, 0.3) is 0 Å². The normalized spacial score (nSPS) is 15.5. The lowest BCUT2D eigenvalue weighted by Gasteiger charge is -2.26. The zero-order chi connectivity index (χ0) is 16.8. The summed E-state index contributed by atoms with van der Waals surface area (Å²) in [5, 5.41) is 3.36. The molecule has 1 aliphatic heterocycles. The molecule has 0 bridgehead atoms. The standard InChI is InChI=1S/C18H25N3O3/c1-15-12-16(19-5-3-6-20-7-10-23-11-8-20)13-18(22)21(15)14-17-4-2-9-24-17/h2,4,9,12-13,19H,3,5-8,10-11,14H2,1H3. The maximum atomic E-state index is 12.3. The Bertz CT molecular complexity index is 688. The van der Waals surface area contributed by atoms with Gasteiger partial charge in [-0.05, 0) is 38.1 Å². The van der Waals surface area contributed by atoms with E-state index >= 15 is 0 Å². The summed E-state index contributed by atoms with van der Waals surface area (Å²) >= 11 is 0. The van der Waals surface area contributed by atoms with E-state index in [0.29, 0.717) is 6.54 Å². The van der Waals surface area contributed by atoms with Crippen LogP contribution in [-0.2, 0) is 11.3 Å². The second-order valence-corrected chi connectivity index (χ2v) is 6.12. The molecule has 3 heterocycles. The van der Waals surface area contributed by atoms with Gasteiger partial charge >= 0.3 is 0 Å². The third-order valence-electron chi connectivity index (χ3n) is 4.31. The number of hydrogen-bond acceptors (Lipinski definition) is 5. The van der Waals surface area contributed by atoms with Gasteiger partial charge in [-0.15, -0.1) is 0 Å². The van der Waals surface area contributed by atoms with Gasteiger partial charge in [0.25, 0.3) is 5.56 Å². The van der Waals surface area contributed by atoms with E-state index in [1.165, 1.54) is 0 Å². The summed E-state index contributed by atoms with van der Waals surface area (Å²) in [7, 11) is 0. The van der Waals surface area contributed by atoms with Gasteiger partial charge in [-0.25, -0.2) is 0 Å². The van der Waals surface area contributed by atoms with Crippen LogP contribution in [0.2, 0.25) is 0 Å². The quantitative estimate of drug-likeness (QED) is 0.786. The van der Waals surface area contributed by atoms with E-state index in [9.17, 15) is 4.79 Å². The summed E-state index contributed by atoms with van der Waals surface area (Å²) in [4.78, 5) is 14.7. The number of rotatable bonds is 7. The molecule has 0 atom stereocenters. The molecule has 1 aliphatic rings. The van der Waals surface area contributed by atoms with E-state index in [1.807, 2.05) is 25.1 Å². The minimum absolute atomic E-state index is 0.0120. The highest BCUT2D eigenvalue weighted by Crippen LogP contribution is 2.10. The van der Waals surface area contributed by atoms with E-state index in [4.69, 9.17) is 9.15 Å². The summed E-state index contributed by atoms with van der Waals surface area (Å²) < 4.78 is 12.4. The van der Waals surface area contributed by atoms with Crippen molar-refractivity contribution in [3.63, 3.8) is 0 Å². The summed E-state index contributed by atoms with van der Waals surface area (Å²) in [5.74, 6) is 0.784. The molecule has 2 aromatic rings. The SMILES string of the molecule is Cc1cc(NCCCN2CCOCC2)cc(=O)n1Cc1ccco1. The van der Waals surface area contributed by atoms with Crippen molar-refractivity contribution < 1.29 is 9.15 Å². The zero-order valence-electron chi connectivity index (χ0n) is 14.2. The van der Waals surface area contributed by atoms with Crippen LogP contribution in [0, 0.1) is 6.92 Å². The van der Waals surface area contributed by atoms with Crippen LogP contribution in [0.3, 0.4) is 0 Å². The second kappa shape index (κ2) is 8.17. The molecule has 0 aromatic carbocycles. The fourth-order valence-electron chi connectivity index (χ4n) is 2.95. The average Bonchev–Trinajstić information content (AvgIpc) is 3.09. The van der Waals surface area contributed by atoms with E-state index in [2.05, 4.69) is 10.2 Å². The molecule has 3 rings (SSSR count). The molecular weight excluding hydrogens is 306 g/mol. The van der Waals surface area contributed by atoms with Crippen molar-refractivity contribution in [1.82, 2.24) is 9.47 Å². The third kappa shape index (κ3) is 4.49. The number of anilines is 1. The molecule has 0 amide bonds. The Kier molecular flexibility index (Phi) is 5.72. The van der Waals surface area contributed by atoms with E-state index in [1.54, 1.807) is 16.9 Å². The number of ether oxygens (including phenoxy) is 1. The summed E-state index contributed by atoms with van der Waals surface area (Å²) in [6.45, 7) is 8.03. The molecule has 2 aromatic heterocycles. The van der Waals surface area contributed by atoms with Crippen LogP contribution in [-0.4, -0.2) is 48.9 Å². The topological polar surface area (TPSA) is 59.6 Å². The predicted molar refractivity (Wildman–Crippen MR) is 93.6 cm³/mol. The molecule has 1 saturated heterocycles. The summed E-state index contributed by atoms with van der Waals surface area (Å²) in [6, 6.07) is 7.38. The smallest absolute Gasteiger partial charge is 0.253 e. The Balaban J connectivity index is 1.52. The van der Waals surface area contributed by atoms with Gasteiger partial charge in [0.1, 0.15) is 5.76 Å². The number of furan rings is 1. The van der Waals surface area contributed by atoms with Crippen molar-refractivity contribution in [3.05, 3.63) is 52.3 Å². The van der Waals surface area contributed by atoms with Crippen LogP contribution in [0.4, 0.5) is 5.69 Å². The second-order valence-electron chi connectivity index (χ2n) is 6.12. The Morgan fingerprint density at radius 1 is 1.25 bits per heavy atom. The van der Waals surface area contributed by atoms with E-state index in [0.717, 1.165) is 63.0 Å². The summed E-state index contributed by atoms with van der Waals surface area (Å²) in [6.07, 6.45) is 2.68. The van der Waals surface area contributed by atoms with Crippen molar-refractivity contribution in [3.8, 4) is 0 Å². The van der Waals surface area contributed by atoms with Crippen LogP contribution in [0.15, 0.2) is 39.7 Å². The molecule has 0 saturated carbocycles. The number of hydrogen-bond donors (Lipinski definition) is 1. The van der Waals surface area contributed by atoms with Gasteiger partial charge in [-0.1, -0.05) is 0 Å². The minimum atomic E-state index is -0.0120. The molecule has 6 heteroatoms. The molecule has 0 radical (unpaired) electrons. The van der Waals surface area contributed by atoms with Crippen LogP contribution >= 0.6 is 0 Å². The molecule has 6 nitrogen and oxygen atoms in total. The van der Waals surface area contributed by atoms with Gasteiger partial charge in [0.15, 0.2) is 0 Å². The number of pyridine rings is 1. The first-order valence-electron chi connectivity index (χ1n) is 8.50. The van der Waals surface area contributed by atoms with Gasteiger partial charge in [0.05, 0.1) is 26.0 Å². The average molecular weight is 331 g/mol. The van der Waals surface area contributed by atoms with Crippen LogP contribution in [0.5, 0.6) is 0 Å². The Morgan fingerprint density at radius 2 is 2.08 bits per heavy atom. The summed E-state index contributed by atoms with van der Waals surface area (Å²) in [5.41, 5.74) is 1.80. The lowest BCUT2D eigenvalue weighted by atomic mass is 10.3. The lowest BCUT2D eigenvalue weighted by molar-refractivity contribution is 0.0378. The monoisotopic (exact) mass is 331 g/mol. The van der Waals surface area contributed by atoms with Gasteiger partial charge in [0.2, 0.25) is 0 Å². The number of nitrogens with zero attached hydrogens (tertiary/aromatic N) is 2. The Labute approximate surface area is 142 Å². The first kappa shape index (κ1) is 16.8. The first-order chi connectivity index (χ1) is 11.7. The van der Waals surface area contributed by atoms with Gasteiger partial charge in [-0.3, -0.25) is 9.69 Å². The van der Waals surface area contributed by atoms with Gasteiger partial charge in [-0.2, -0.15) is 0 Å². The number of nitrogens with one attached hydrogen (secondary N) is 1. The molecule has 1 N–H and O–H groups in total. The van der Waals surface area contributed by atoms with Gasteiger partial charge in [0, 0.05) is 37.1 Å². The fourth-order valence-corrected chi connectivity index (χ4v) is 2.95. The highest BCUT2D eigenvalue weighted by molar-refractivity contribution is 5.43. The zero-order valence-corrected chi connectivity index (χ0v) is 14.2. The molecule has 0 aliphatic carbocycles. The molecular formula is C18H25N3O3. The van der Waals surface area contributed by atoms with E-state index < -0.39 is 0 Å². The molecule has 130 valence electrons. The fraction of sp³-hybridized carbons (Fsp3) is 0.500. The molecule has 0 unspecified atom stereocenters. The first-order valence-corrected chi connectivity index (χ1v) is 8.50. The molecule has 24 heavy (non-hydrogen) atoms. The highest BCUT2D eigenvalue weighted by Gasteiger charge is 2.09. The van der Waals surface area contributed by atoms with Crippen molar-refractivity contribution in [2.24, 2.45) is 0 Å². The maximum absolute atomic E-state index is 12.3. The Morgan fingerprint density at radius 3 is 2.79 bits per heavy atom. The van der Waals surface area contributed by atoms with Crippen molar-refractivity contribution >= 4 is 5.69 Å². The maximum Gasteiger partial charge on any atom is 0.253 e. The van der Waals surface area contributed by atoms with Gasteiger partial charge < -0.3 is 19.0 Å². The lowest BCUT2D eigenvalue weighted by Crippen LogP contribution is -2.37. The molecule has 0 spiro atoms. The highest BCUT2D eigenvalue weighted by atomic mass is 16.5. The van der Waals surface area contributed by atoms with Crippen molar-refractivity contribution in [1.29, 1.82) is 0 Å². The Hall–Kier alpha value is -2.05. The van der Waals surface area contributed by atoms with Crippen LogP contribution < -0.4 is 10.9 Å². The van der Waals surface area contributed by atoms with E-state index in [-0.39, 0.29) is 5.56 Å². The number of aryl methyl sites for hydroxylation is 1. The predicted octanol–water partition coefficient (Wildman–Crippen LogP) is 1.93. The largest absolute Gasteiger partial charge is 0.467 e. The number of morpholine rings is 1. The van der Waals surface area contributed by atoms with Crippen molar-refractivity contribution in [2.45, 2.75) is 19.9 Å². The van der Waals surface area contributed by atoms with Crippen LogP contribution in [0.1, 0.15) is 17.9 Å². The number of aromatic nitrogens is 1. The molecule has 1 fully saturated rings. The van der Waals surface area contributed by atoms with Crippen molar-refractivity contribution in [2.75, 3.05) is 44.7 Å².